The lowest BCUT2D eigenvalue weighted by Gasteiger charge is -2.35. The number of benzene rings is 3. The molecular weight excluding hydrogens is 637 g/mol. The van der Waals surface area contributed by atoms with Crippen molar-refractivity contribution < 1.29 is 18.0 Å². The van der Waals surface area contributed by atoms with Crippen molar-refractivity contribution in [1.82, 2.24) is 10.2 Å². The third-order valence-electron chi connectivity index (χ3n) is 5.91. The van der Waals surface area contributed by atoms with Crippen molar-refractivity contribution in [3.8, 4) is 0 Å². The molecule has 0 heterocycles. The van der Waals surface area contributed by atoms with Gasteiger partial charge in [0.05, 0.1) is 22.0 Å². The van der Waals surface area contributed by atoms with Crippen molar-refractivity contribution in [2.75, 3.05) is 17.1 Å². The molecule has 0 aromatic heterocycles. The number of halogens is 3. The molecule has 0 saturated heterocycles. The van der Waals surface area contributed by atoms with Crippen LogP contribution in [0.2, 0.25) is 10.0 Å². The van der Waals surface area contributed by atoms with E-state index in [-0.39, 0.29) is 18.9 Å². The average Bonchev–Trinajstić information content (AvgIpc) is 2.86. The van der Waals surface area contributed by atoms with E-state index in [0.29, 0.717) is 25.8 Å². The molecule has 0 aliphatic carbocycles. The van der Waals surface area contributed by atoms with E-state index in [0.717, 1.165) is 16.1 Å². The van der Waals surface area contributed by atoms with E-state index < -0.39 is 34.1 Å². The van der Waals surface area contributed by atoms with E-state index in [1.807, 2.05) is 51.1 Å². The molecule has 1 N–H and O–H groups in total. The largest absolute Gasteiger partial charge is 0.350 e. The molecule has 0 aliphatic rings. The Hall–Kier alpha value is -2.59. The second-order valence-corrected chi connectivity index (χ2v) is 14.0. The van der Waals surface area contributed by atoms with Crippen LogP contribution in [0.15, 0.2) is 77.3 Å². The second kappa shape index (κ2) is 13.4. The predicted molar refractivity (Wildman–Crippen MR) is 165 cm³/mol. The number of carbonyl (C=O) groups excluding carboxylic acids is 2. The van der Waals surface area contributed by atoms with E-state index in [4.69, 9.17) is 23.2 Å². The van der Waals surface area contributed by atoms with Gasteiger partial charge >= 0.3 is 0 Å². The molecule has 0 unspecified atom stereocenters. The normalized spacial score (nSPS) is 12.5. The fourth-order valence-corrected chi connectivity index (χ4v) is 5.89. The van der Waals surface area contributed by atoms with Crippen molar-refractivity contribution in [3.05, 3.63) is 98.4 Å². The van der Waals surface area contributed by atoms with Gasteiger partial charge in [0.2, 0.25) is 21.8 Å². The van der Waals surface area contributed by atoms with Crippen LogP contribution >= 0.6 is 39.1 Å². The van der Waals surface area contributed by atoms with Crippen LogP contribution in [-0.4, -0.2) is 49.5 Å². The Balaban J connectivity index is 2.10. The molecule has 40 heavy (non-hydrogen) atoms. The average molecular weight is 669 g/mol. The number of sulfonamides is 1. The van der Waals surface area contributed by atoms with Gasteiger partial charge in [-0.2, -0.15) is 0 Å². The Labute approximate surface area is 254 Å². The van der Waals surface area contributed by atoms with E-state index in [9.17, 15) is 18.0 Å². The van der Waals surface area contributed by atoms with Gasteiger partial charge in [-0.3, -0.25) is 13.9 Å². The maximum Gasteiger partial charge on any atom is 0.244 e. The molecule has 2 amide bonds. The highest BCUT2D eigenvalue weighted by molar-refractivity contribution is 9.10. The van der Waals surface area contributed by atoms with Crippen LogP contribution in [-0.2, 0) is 32.6 Å². The first-order chi connectivity index (χ1) is 18.7. The molecule has 0 radical (unpaired) electrons. The molecule has 3 aromatic carbocycles. The summed E-state index contributed by atoms with van der Waals surface area (Å²) in [6, 6.07) is 20.1. The smallest absolute Gasteiger partial charge is 0.244 e. The van der Waals surface area contributed by atoms with Crippen molar-refractivity contribution in [2.45, 2.75) is 45.3 Å². The maximum atomic E-state index is 14.1. The molecule has 0 spiro atoms. The Bertz CT molecular complexity index is 1460. The SMILES string of the molecule is CC(C)(C)NC(=O)[C@@H](Cc1ccccc1)N(Cc1ccc(Cl)c(Cl)c1)C(=O)CN(c1ccccc1Br)S(C)(=O)=O. The minimum atomic E-state index is -3.87. The van der Waals surface area contributed by atoms with Gasteiger partial charge in [-0.25, -0.2) is 8.42 Å². The highest BCUT2D eigenvalue weighted by Crippen LogP contribution is 2.29. The molecule has 3 rings (SSSR count). The van der Waals surface area contributed by atoms with E-state index in [1.165, 1.54) is 4.90 Å². The zero-order chi connectivity index (χ0) is 29.7. The number of hydrogen-bond donors (Lipinski definition) is 1. The summed E-state index contributed by atoms with van der Waals surface area (Å²) in [5, 5.41) is 3.64. The fourth-order valence-electron chi connectivity index (χ4n) is 4.09. The standard InChI is InChI=1S/C29H32BrCl2N3O4S/c1-29(2,3)33-28(37)26(17-20-10-6-5-7-11-20)34(18-21-14-15-23(31)24(32)16-21)27(36)19-35(40(4,38)39)25-13-9-8-12-22(25)30/h5-16,26H,17-19H2,1-4H3,(H,33,37)/t26-/m1/s1. The second-order valence-electron chi connectivity index (χ2n) is 10.4. The van der Waals surface area contributed by atoms with Crippen molar-refractivity contribution in [1.29, 1.82) is 0 Å². The topological polar surface area (TPSA) is 86.8 Å². The summed E-state index contributed by atoms with van der Waals surface area (Å²) in [5.74, 6) is -0.922. The minimum Gasteiger partial charge on any atom is -0.350 e. The minimum absolute atomic E-state index is 0.00164. The highest BCUT2D eigenvalue weighted by Gasteiger charge is 2.34. The Morgan fingerprint density at radius 3 is 2.12 bits per heavy atom. The molecule has 3 aromatic rings. The molecule has 0 fully saturated rings. The fraction of sp³-hybridized carbons (Fsp3) is 0.310. The summed E-state index contributed by atoms with van der Waals surface area (Å²) in [6.45, 7) is 5.05. The monoisotopic (exact) mass is 667 g/mol. The summed E-state index contributed by atoms with van der Waals surface area (Å²) >= 11 is 15.8. The van der Waals surface area contributed by atoms with Crippen molar-refractivity contribution >= 4 is 66.7 Å². The molecule has 0 saturated carbocycles. The van der Waals surface area contributed by atoms with Crippen LogP contribution in [0.5, 0.6) is 0 Å². The third kappa shape index (κ3) is 8.96. The number of hydrogen-bond acceptors (Lipinski definition) is 4. The summed E-state index contributed by atoms with van der Waals surface area (Å²) in [7, 11) is -3.87. The van der Waals surface area contributed by atoms with Crippen LogP contribution in [0.4, 0.5) is 5.69 Å². The van der Waals surface area contributed by atoms with Crippen LogP contribution in [0.3, 0.4) is 0 Å². The van der Waals surface area contributed by atoms with Gasteiger partial charge in [0, 0.05) is 23.0 Å². The molecule has 11 heteroatoms. The van der Waals surface area contributed by atoms with Gasteiger partial charge in [-0.15, -0.1) is 0 Å². The summed E-state index contributed by atoms with van der Waals surface area (Å²) in [6.07, 6.45) is 1.25. The molecule has 0 aliphatic heterocycles. The first-order valence-electron chi connectivity index (χ1n) is 12.5. The number of anilines is 1. The van der Waals surface area contributed by atoms with Crippen LogP contribution in [0, 0.1) is 0 Å². The number of amides is 2. The van der Waals surface area contributed by atoms with Gasteiger partial charge in [0.1, 0.15) is 12.6 Å². The highest BCUT2D eigenvalue weighted by atomic mass is 79.9. The van der Waals surface area contributed by atoms with Crippen LogP contribution < -0.4 is 9.62 Å². The van der Waals surface area contributed by atoms with E-state index >= 15 is 0 Å². The van der Waals surface area contributed by atoms with E-state index in [2.05, 4.69) is 21.2 Å². The number of rotatable bonds is 10. The number of carbonyl (C=O) groups is 2. The zero-order valence-corrected chi connectivity index (χ0v) is 26.6. The predicted octanol–water partition coefficient (Wildman–Crippen LogP) is 6.08. The van der Waals surface area contributed by atoms with Gasteiger partial charge in [0.25, 0.3) is 0 Å². The molecule has 0 bridgehead atoms. The zero-order valence-electron chi connectivity index (χ0n) is 22.7. The first kappa shape index (κ1) is 31.9. The van der Waals surface area contributed by atoms with Gasteiger partial charge < -0.3 is 10.2 Å². The van der Waals surface area contributed by atoms with Crippen molar-refractivity contribution in [2.24, 2.45) is 0 Å². The third-order valence-corrected chi connectivity index (χ3v) is 8.44. The molecule has 1 atom stereocenters. The number of para-hydroxylation sites is 1. The lowest BCUT2D eigenvalue weighted by atomic mass is 10.0. The molecule has 7 nitrogen and oxygen atoms in total. The Kier molecular flexibility index (Phi) is 10.7. The molecule has 214 valence electrons. The van der Waals surface area contributed by atoms with Crippen molar-refractivity contribution in [3.63, 3.8) is 0 Å². The number of nitrogens with one attached hydrogen (secondary N) is 1. The quantitative estimate of drug-likeness (QED) is 0.284. The summed E-state index contributed by atoms with van der Waals surface area (Å²) < 4.78 is 27.3. The van der Waals surface area contributed by atoms with E-state index in [1.54, 1.807) is 42.5 Å². The van der Waals surface area contributed by atoms with Crippen LogP contribution in [0.1, 0.15) is 31.9 Å². The first-order valence-corrected chi connectivity index (χ1v) is 15.9. The lowest BCUT2D eigenvalue weighted by molar-refractivity contribution is -0.140. The van der Waals surface area contributed by atoms with Gasteiger partial charge in [-0.05, 0) is 72.1 Å². The van der Waals surface area contributed by atoms with Crippen LogP contribution in [0.25, 0.3) is 0 Å². The van der Waals surface area contributed by atoms with Gasteiger partial charge in [-0.1, -0.05) is 71.7 Å². The summed E-state index contributed by atoms with van der Waals surface area (Å²) in [5.41, 5.74) is 1.22. The maximum absolute atomic E-state index is 14.1. The Morgan fingerprint density at radius 1 is 0.925 bits per heavy atom. The van der Waals surface area contributed by atoms with Gasteiger partial charge in [0.15, 0.2) is 0 Å². The lowest BCUT2D eigenvalue weighted by Crippen LogP contribution is -2.56. The molecular formula is C29H32BrCl2N3O4S. The summed E-state index contributed by atoms with van der Waals surface area (Å²) in [4.78, 5) is 29.2. The number of nitrogens with zero attached hydrogens (tertiary/aromatic N) is 2. The Morgan fingerprint density at radius 2 is 1.55 bits per heavy atom.